The van der Waals surface area contributed by atoms with Crippen LogP contribution in [0.15, 0.2) is 0 Å². The highest BCUT2D eigenvalue weighted by atomic mass is 16.6. The Kier molecular flexibility index (Phi) is 18.6. The van der Waals surface area contributed by atoms with Crippen molar-refractivity contribution >= 4 is 6.09 Å². The van der Waals surface area contributed by atoms with Gasteiger partial charge in [-0.25, -0.2) is 4.79 Å². The number of hydrogen-bond donors (Lipinski definition) is 1. The Labute approximate surface area is 180 Å². The second kappa shape index (κ2) is 19.2. The summed E-state index contributed by atoms with van der Waals surface area (Å²) in [6, 6.07) is 0. The van der Waals surface area contributed by atoms with E-state index >= 15 is 0 Å². The molecule has 1 N–H and O–H groups in total. The Morgan fingerprint density at radius 3 is 1.86 bits per heavy atom. The van der Waals surface area contributed by atoms with Gasteiger partial charge in [0.05, 0.1) is 12.7 Å². The van der Waals surface area contributed by atoms with Crippen LogP contribution >= 0.6 is 0 Å². The summed E-state index contributed by atoms with van der Waals surface area (Å²) in [7, 11) is 0. The van der Waals surface area contributed by atoms with Crippen molar-refractivity contribution in [1.82, 2.24) is 5.32 Å². The quantitative estimate of drug-likeness (QED) is 0.240. The lowest BCUT2D eigenvalue weighted by molar-refractivity contribution is -0.0194. The lowest BCUT2D eigenvalue weighted by Gasteiger charge is -2.22. The largest absolute Gasteiger partial charge is 0.444 e. The van der Waals surface area contributed by atoms with E-state index in [1.807, 2.05) is 20.8 Å². The van der Waals surface area contributed by atoms with Gasteiger partial charge in [0.2, 0.25) is 0 Å². The number of carbonyl (C=O) groups excluding carboxylic acids is 1. The molecule has 0 saturated carbocycles. The van der Waals surface area contributed by atoms with Gasteiger partial charge in [0.1, 0.15) is 5.60 Å². The zero-order chi connectivity index (χ0) is 21.8. The van der Waals surface area contributed by atoms with Crippen LogP contribution in [0.3, 0.4) is 0 Å². The molecule has 1 amide bonds. The molecule has 1 atom stereocenters. The Morgan fingerprint density at radius 2 is 1.31 bits per heavy atom. The molecule has 0 aromatic rings. The monoisotopic (exact) mass is 415 g/mol. The highest BCUT2D eigenvalue weighted by Gasteiger charge is 2.18. The first-order chi connectivity index (χ1) is 13.9. The van der Waals surface area contributed by atoms with Crippen LogP contribution in [-0.4, -0.2) is 44.2 Å². The third-order valence-corrected chi connectivity index (χ3v) is 4.67. The Hall–Kier alpha value is -0.810. The normalized spacial score (nSPS) is 12.7. The van der Waals surface area contributed by atoms with Crippen LogP contribution in [0.2, 0.25) is 0 Å². The maximum absolute atomic E-state index is 11.9. The summed E-state index contributed by atoms with van der Waals surface area (Å²) in [6.07, 6.45) is 14.4. The fourth-order valence-electron chi connectivity index (χ4n) is 3.01. The fraction of sp³-hybridized carbons (Fsp3) is 0.958. The third kappa shape index (κ3) is 21.7. The smallest absolute Gasteiger partial charge is 0.407 e. The predicted octanol–water partition coefficient (Wildman–Crippen LogP) is 6.63. The first-order valence-corrected chi connectivity index (χ1v) is 12.0. The number of unbranched alkanes of at least 4 members (excludes halogenated alkanes) is 10. The summed E-state index contributed by atoms with van der Waals surface area (Å²) in [5.74, 6) is 0. The van der Waals surface area contributed by atoms with Gasteiger partial charge in [-0.3, -0.25) is 0 Å². The van der Waals surface area contributed by atoms with Gasteiger partial charge in [-0.1, -0.05) is 78.1 Å². The SMILES string of the molecule is CCCCCCCCOCC(CNC(=O)OC(C)(C)C)OCCCCCCCC. The van der Waals surface area contributed by atoms with E-state index in [0.29, 0.717) is 19.8 Å². The zero-order valence-electron chi connectivity index (χ0n) is 20.0. The molecule has 0 aliphatic heterocycles. The number of hydrogen-bond acceptors (Lipinski definition) is 4. The molecule has 174 valence electrons. The maximum Gasteiger partial charge on any atom is 0.407 e. The molecule has 0 fully saturated rings. The van der Waals surface area contributed by atoms with Gasteiger partial charge < -0.3 is 19.5 Å². The van der Waals surface area contributed by atoms with Crippen LogP contribution in [0.4, 0.5) is 4.79 Å². The van der Waals surface area contributed by atoms with Crippen LogP contribution in [0.5, 0.6) is 0 Å². The lowest BCUT2D eigenvalue weighted by Crippen LogP contribution is -2.39. The Bertz CT molecular complexity index is 368. The topological polar surface area (TPSA) is 56.8 Å². The van der Waals surface area contributed by atoms with E-state index in [1.54, 1.807) is 0 Å². The average molecular weight is 416 g/mol. The highest BCUT2D eigenvalue weighted by Crippen LogP contribution is 2.08. The Balaban J connectivity index is 4.05. The number of ether oxygens (including phenoxy) is 3. The number of alkyl carbamates (subject to hydrolysis) is 1. The Morgan fingerprint density at radius 1 is 0.793 bits per heavy atom. The van der Waals surface area contributed by atoms with Gasteiger partial charge in [0.15, 0.2) is 0 Å². The predicted molar refractivity (Wildman–Crippen MR) is 122 cm³/mol. The van der Waals surface area contributed by atoms with Crippen molar-refractivity contribution in [3.8, 4) is 0 Å². The first-order valence-electron chi connectivity index (χ1n) is 12.0. The molecule has 0 aliphatic rings. The minimum atomic E-state index is -0.493. The average Bonchev–Trinajstić information content (AvgIpc) is 2.65. The van der Waals surface area contributed by atoms with Crippen molar-refractivity contribution in [2.75, 3.05) is 26.4 Å². The number of nitrogens with one attached hydrogen (secondary N) is 1. The van der Waals surface area contributed by atoms with Crippen molar-refractivity contribution in [2.24, 2.45) is 0 Å². The van der Waals surface area contributed by atoms with E-state index in [1.165, 1.54) is 64.2 Å². The molecule has 1 unspecified atom stereocenters. The molecular weight excluding hydrogens is 366 g/mol. The summed E-state index contributed by atoms with van der Waals surface area (Å²) >= 11 is 0. The summed E-state index contributed by atoms with van der Waals surface area (Å²) in [5.41, 5.74) is -0.493. The second-order valence-corrected chi connectivity index (χ2v) is 8.99. The van der Waals surface area contributed by atoms with E-state index in [9.17, 15) is 4.79 Å². The molecule has 29 heavy (non-hydrogen) atoms. The first kappa shape index (κ1) is 28.2. The van der Waals surface area contributed by atoms with Crippen molar-refractivity contribution in [3.05, 3.63) is 0 Å². The van der Waals surface area contributed by atoms with E-state index in [0.717, 1.165) is 19.4 Å². The second-order valence-electron chi connectivity index (χ2n) is 8.99. The molecule has 0 aromatic carbocycles. The molecule has 0 radical (unpaired) electrons. The molecule has 5 heteroatoms. The van der Waals surface area contributed by atoms with Crippen molar-refractivity contribution in [3.63, 3.8) is 0 Å². The van der Waals surface area contributed by atoms with E-state index in [4.69, 9.17) is 14.2 Å². The van der Waals surface area contributed by atoms with E-state index < -0.39 is 11.7 Å². The zero-order valence-corrected chi connectivity index (χ0v) is 20.0. The van der Waals surface area contributed by atoms with Gasteiger partial charge in [0.25, 0.3) is 0 Å². The van der Waals surface area contributed by atoms with Gasteiger partial charge in [0, 0.05) is 19.8 Å². The van der Waals surface area contributed by atoms with Crippen LogP contribution in [0, 0.1) is 0 Å². The molecule has 0 aromatic heterocycles. The molecule has 0 saturated heterocycles. The van der Waals surface area contributed by atoms with Crippen LogP contribution in [0.25, 0.3) is 0 Å². The van der Waals surface area contributed by atoms with Crippen molar-refractivity contribution < 1.29 is 19.0 Å². The standard InChI is InChI=1S/C24H49NO4/c1-6-8-10-12-14-16-18-27-21-22(20-25-23(26)29-24(3,4)5)28-19-17-15-13-11-9-7-2/h22H,6-21H2,1-5H3,(H,25,26). The van der Waals surface area contributed by atoms with Crippen LogP contribution < -0.4 is 5.32 Å². The molecule has 0 heterocycles. The summed E-state index contributed by atoms with van der Waals surface area (Å²) < 4.78 is 17.1. The molecule has 0 rings (SSSR count). The van der Waals surface area contributed by atoms with Crippen molar-refractivity contribution in [2.45, 2.75) is 123 Å². The summed E-state index contributed by atoms with van der Waals surface area (Å²) in [6.45, 7) is 12.5. The fourth-order valence-corrected chi connectivity index (χ4v) is 3.01. The molecule has 0 bridgehead atoms. The van der Waals surface area contributed by atoms with Crippen molar-refractivity contribution in [1.29, 1.82) is 0 Å². The van der Waals surface area contributed by atoms with Gasteiger partial charge in [-0.15, -0.1) is 0 Å². The maximum atomic E-state index is 11.9. The minimum absolute atomic E-state index is 0.127. The molecular formula is C24H49NO4. The number of amides is 1. The number of carbonyl (C=O) groups is 1. The van der Waals surface area contributed by atoms with Crippen LogP contribution in [-0.2, 0) is 14.2 Å². The third-order valence-electron chi connectivity index (χ3n) is 4.67. The molecule has 0 spiro atoms. The van der Waals surface area contributed by atoms with Gasteiger partial charge >= 0.3 is 6.09 Å². The number of rotatable bonds is 19. The highest BCUT2D eigenvalue weighted by molar-refractivity contribution is 5.67. The van der Waals surface area contributed by atoms with Gasteiger partial charge in [-0.2, -0.15) is 0 Å². The van der Waals surface area contributed by atoms with Crippen LogP contribution in [0.1, 0.15) is 112 Å². The lowest BCUT2D eigenvalue weighted by atomic mass is 10.1. The van der Waals surface area contributed by atoms with E-state index in [-0.39, 0.29) is 6.10 Å². The summed E-state index contributed by atoms with van der Waals surface area (Å²) in [4.78, 5) is 11.9. The summed E-state index contributed by atoms with van der Waals surface area (Å²) in [5, 5.41) is 2.82. The molecule has 5 nitrogen and oxygen atoms in total. The molecule has 0 aliphatic carbocycles. The minimum Gasteiger partial charge on any atom is -0.444 e. The van der Waals surface area contributed by atoms with Gasteiger partial charge in [-0.05, 0) is 33.6 Å². The van der Waals surface area contributed by atoms with E-state index in [2.05, 4.69) is 19.2 Å².